The zero-order valence-corrected chi connectivity index (χ0v) is 10.6. The van der Waals surface area contributed by atoms with Crippen LogP contribution in [0, 0.1) is 0 Å². The van der Waals surface area contributed by atoms with Gasteiger partial charge in [-0.05, 0) is 17.9 Å². The van der Waals surface area contributed by atoms with Crippen molar-refractivity contribution < 1.29 is 10.4 Å². The molecule has 0 unspecified atom stereocenters. The fourth-order valence-corrected chi connectivity index (χ4v) is 1.71. The number of aliphatic hydroxyl groups excluding tert-OH is 1. The van der Waals surface area contributed by atoms with Crippen LogP contribution in [0.15, 0.2) is 24.3 Å². The molecule has 0 aliphatic rings. The molecule has 0 saturated carbocycles. The highest BCUT2D eigenvalue weighted by molar-refractivity contribution is 5.23. The maximum Gasteiger partial charge on any atom is 0.109 e. The van der Waals surface area contributed by atoms with E-state index in [1.165, 1.54) is 11.1 Å². The fraction of sp³-hybridized carbons (Fsp3) is 0.571. The molecule has 0 aliphatic heterocycles. The van der Waals surface area contributed by atoms with Gasteiger partial charge in [-0.3, -0.25) is 0 Å². The Labute approximate surface area is 98.7 Å². The van der Waals surface area contributed by atoms with Crippen molar-refractivity contribution >= 4 is 0 Å². The van der Waals surface area contributed by atoms with E-state index in [9.17, 15) is 0 Å². The highest BCUT2D eigenvalue weighted by atomic mass is 16.3. The van der Waals surface area contributed by atoms with Crippen molar-refractivity contribution in [2.24, 2.45) is 0 Å². The molecule has 0 radical (unpaired) electrons. The third-order valence-electron chi connectivity index (χ3n) is 3.09. The van der Waals surface area contributed by atoms with Gasteiger partial charge in [0.1, 0.15) is 12.6 Å². The molecule has 0 bridgehead atoms. The first-order valence-corrected chi connectivity index (χ1v) is 6.20. The van der Waals surface area contributed by atoms with Gasteiger partial charge in [0.25, 0.3) is 0 Å². The summed E-state index contributed by atoms with van der Waals surface area (Å²) in [5, 5.41) is 11.3. The molecule has 0 aliphatic carbocycles. The Kier molecular flexibility index (Phi) is 5.50. The second-order valence-corrected chi connectivity index (χ2v) is 4.69. The number of rotatable bonds is 6. The maximum absolute atomic E-state index is 9.09. The molecule has 0 heterocycles. The van der Waals surface area contributed by atoms with Gasteiger partial charge in [0, 0.05) is 5.56 Å². The third-order valence-corrected chi connectivity index (χ3v) is 3.09. The SMILES string of the molecule is CC[C@H](CO)[NH2+]Cc1ccc(C(C)C)cc1. The minimum atomic E-state index is 0.264. The quantitative estimate of drug-likeness (QED) is 0.754. The topological polar surface area (TPSA) is 36.8 Å². The van der Waals surface area contributed by atoms with Crippen molar-refractivity contribution in [2.45, 2.75) is 45.7 Å². The second kappa shape index (κ2) is 6.66. The summed E-state index contributed by atoms with van der Waals surface area (Å²) >= 11 is 0. The largest absolute Gasteiger partial charge is 0.390 e. The van der Waals surface area contributed by atoms with Gasteiger partial charge >= 0.3 is 0 Å². The van der Waals surface area contributed by atoms with Crippen LogP contribution in [0.4, 0.5) is 0 Å². The molecule has 16 heavy (non-hydrogen) atoms. The van der Waals surface area contributed by atoms with E-state index in [1.807, 2.05) is 0 Å². The number of benzene rings is 1. The van der Waals surface area contributed by atoms with Crippen LogP contribution in [0.2, 0.25) is 0 Å². The van der Waals surface area contributed by atoms with Crippen molar-refractivity contribution in [3.05, 3.63) is 35.4 Å². The predicted octanol–water partition coefficient (Wildman–Crippen LogP) is 1.64. The molecule has 0 saturated heterocycles. The van der Waals surface area contributed by atoms with Crippen LogP contribution in [0.1, 0.15) is 44.2 Å². The van der Waals surface area contributed by atoms with Crippen LogP contribution >= 0.6 is 0 Å². The van der Waals surface area contributed by atoms with Crippen LogP contribution in [0.5, 0.6) is 0 Å². The van der Waals surface area contributed by atoms with Gasteiger partial charge in [0.2, 0.25) is 0 Å². The highest BCUT2D eigenvalue weighted by Gasteiger charge is 2.07. The minimum Gasteiger partial charge on any atom is -0.390 e. The van der Waals surface area contributed by atoms with Gasteiger partial charge in [0.15, 0.2) is 0 Å². The normalized spacial score (nSPS) is 13.1. The molecule has 2 nitrogen and oxygen atoms in total. The van der Waals surface area contributed by atoms with Crippen LogP contribution < -0.4 is 5.32 Å². The highest BCUT2D eigenvalue weighted by Crippen LogP contribution is 2.14. The second-order valence-electron chi connectivity index (χ2n) is 4.69. The Bertz CT molecular complexity index is 288. The van der Waals surface area contributed by atoms with E-state index in [0.717, 1.165) is 13.0 Å². The monoisotopic (exact) mass is 222 g/mol. The maximum atomic E-state index is 9.09. The molecule has 1 aromatic rings. The van der Waals surface area contributed by atoms with Gasteiger partial charge < -0.3 is 10.4 Å². The van der Waals surface area contributed by atoms with Crippen molar-refractivity contribution in [2.75, 3.05) is 6.61 Å². The first-order chi connectivity index (χ1) is 7.67. The molecular formula is C14H24NO+. The number of quaternary nitrogens is 1. The van der Waals surface area contributed by atoms with Crippen LogP contribution in [0.3, 0.4) is 0 Å². The van der Waals surface area contributed by atoms with E-state index < -0.39 is 0 Å². The molecule has 1 rings (SSSR count). The van der Waals surface area contributed by atoms with Gasteiger partial charge in [-0.2, -0.15) is 0 Å². The number of nitrogens with two attached hydrogens (primary N) is 1. The molecule has 1 atom stereocenters. The Morgan fingerprint density at radius 1 is 1.19 bits per heavy atom. The molecule has 0 amide bonds. The summed E-state index contributed by atoms with van der Waals surface area (Å²) in [6, 6.07) is 9.12. The van der Waals surface area contributed by atoms with E-state index in [-0.39, 0.29) is 6.61 Å². The summed E-state index contributed by atoms with van der Waals surface area (Å²) in [5.74, 6) is 0.596. The van der Waals surface area contributed by atoms with E-state index in [4.69, 9.17) is 5.11 Å². The number of aliphatic hydroxyl groups is 1. The van der Waals surface area contributed by atoms with Gasteiger partial charge in [0.05, 0.1) is 6.61 Å². The fourth-order valence-electron chi connectivity index (χ4n) is 1.71. The number of hydrogen-bond donors (Lipinski definition) is 2. The molecule has 0 spiro atoms. The van der Waals surface area contributed by atoms with Crippen LogP contribution in [-0.4, -0.2) is 17.8 Å². The summed E-state index contributed by atoms with van der Waals surface area (Å²) in [7, 11) is 0. The summed E-state index contributed by atoms with van der Waals surface area (Å²) in [6.07, 6.45) is 1.01. The van der Waals surface area contributed by atoms with Gasteiger partial charge in [-0.25, -0.2) is 0 Å². The lowest BCUT2D eigenvalue weighted by atomic mass is 10.0. The summed E-state index contributed by atoms with van der Waals surface area (Å²) in [6.45, 7) is 7.75. The first kappa shape index (κ1) is 13.2. The van der Waals surface area contributed by atoms with Crippen molar-refractivity contribution in [3.63, 3.8) is 0 Å². The Balaban J connectivity index is 2.49. The average Bonchev–Trinajstić information content (AvgIpc) is 2.31. The molecule has 0 aromatic heterocycles. The molecule has 3 N–H and O–H groups in total. The lowest BCUT2D eigenvalue weighted by Gasteiger charge is -2.11. The zero-order valence-electron chi connectivity index (χ0n) is 10.6. The average molecular weight is 222 g/mol. The van der Waals surface area contributed by atoms with Crippen LogP contribution in [-0.2, 0) is 6.54 Å². The van der Waals surface area contributed by atoms with Crippen molar-refractivity contribution in [3.8, 4) is 0 Å². The van der Waals surface area contributed by atoms with Gasteiger partial charge in [-0.1, -0.05) is 45.0 Å². The van der Waals surface area contributed by atoms with E-state index >= 15 is 0 Å². The standard InChI is InChI=1S/C14H23NO/c1-4-14(10-16)15-9-12-5-7-13(8-6-12)11(2)3/h5-8,11,14-16H,4,9-10H2,1-3H3/p+1/t14-/m1/s1. The van der Waals surface area contributed by atoms with E-state index in [2.05, 4.69) is 50.4 Å². The minimum absolute atomic E-state index is 0.264. The molecule has 1 aromatic carbocycles. The third kappa shape index (κ3) is 3.95. The van der Waals surface area contributed by atoms with Crippen LogP contribution in [0.25, 0.3) is 0 Å². The summed E-state index contributed by atoms with van der Waals surface area (Å²) < 4.78 is 0. The molecule has 2 heteroatoms. The smallest absolute Gasteiger partial charge is 0.109 e. The summed E-state index contributed by atoms with van der Waals surface area (Å²) in [5.41, 5.74) is 2.72. The first-order valence-electron chi connectivity index (χ1n) is 6.20. The van der Waals surface area contributed by atoms with E-state index in [1.54, 1.807) is 0 Å². The molecule has 90 valence electrons. The lowest BCUT2D eigenvalue weighted by molar-refractivity contribution is -0.706. The summed E-state index contributed by atoms with van der Waals surface area (Å²) in [4.78, 5) is 0. The van der Waals surface area contributed by atoms with Crippen molar-refractivity contribution in [1.29, 1.82) is 0 Å². The Morgan fingerprint density at radius 2 is 1.81 bits per heavy atom. The number of hydrogen-bond acceptors (Lipinski definition) is 1. The lowest BCUT2D eigenvalue weighted by Crippen LogP contribution is -2.89. The van der Waals surface area contributed by atoms with E-state index in [0.29, 0.717) is 12.0 Å². The molecular weight excluding hydrogens is 198 g/mol. The molecule has 0 fully saturated rings. The zero-order chi connectivity index (χ0) is 12.0. The Hall–Kier alpha value is -0.860. The Morgan fingerprint density at radius 3 is 2.25 bits per heavy atom. The van der Waals surface area contributed by atoms with Crippen molar-refractivity contribution in [1.82, 2.24) is 0 Å². The van der Waals surface area contributed by atoms with Gasteiger partial charge in [-0.15, -0.1) is 0 Å². The predicted molar refractivity (Wildman–Crippen MR) is 67.3 cm³/mol.